The number of aliphatic hydroxyl groups is 2. The lowest BCUT2D eigenvalue weighted by atomic mass is 9.64. The van der Waals surface area contributed by atoms with Crippen molar-refractivity contribution in [2.24, 2.45) is 5.92 Å². The van der Waals surface area contributed by atoms with Crippen LogP contribution in [0.15, 0.2) is 122 Å². The van der Waals surface area contributed by atoms with Gasteiger partial charge < -0.3 is 39.0 Å². The van der Waals surface area contributed by atoms with Gasteiger partial charge >= 0.3 is 12.1 Å². The molecule has 6 atom stereocenters. The topological polar surface area (TPSA) is 184 Å². The third-order valence-corrected chi connectivity index (χ3v) is 12.9. The molecule has 3 amide bonds. The van der Waals surface area contributed by atoms with Crippen molar-refractivity contribution in [3.63, 3.8) is 0 Å². The third kappa shape index (κ3) is 8.14. The van der Waals surface area contributed by atoms with Crippen LogP contribution in [0.2, 0.25) is 0 Å². The van der Waals surface area contributed by atoms with Crippen molar-refractivity contribution in [1.82, 2.24) is 19.8 Å². The number of ether oxygens (including phenoxy) is 4. The van der Waals surface area contributed by atoms with E-state index < -0.39 is 59.4 Å². The van der Waals surface area contributed by atoms with Crippen LogP contribution >= 0.6 is 0 Å². The Morgan fingerprint density at radius 3 is 2.21 bits per heavy atom. The first-order chi connectivity index (χ1) is 32.8. The number of fused-ring (bicyclic) bond motifs is 3. The van der Waals surface area contributed by atoms with Gasteiger partial charge in [-0.2, -0.15) is 0 Å². The normalized spacial score (nSPS) is 23.3. The van der Waals surface area contributed by atoms with Crippen molar-refractivity contribution < 1.29 is 48.3 Å². The minimum Gasteiger partial charge on any atom is -0.491 e. The lowest BCUT2D eigenvalue weighted by Gasteiger charge is -2.46. The van der Waals surface area contributed by atoms with Crippen molar-refractivity contribution in [2.45, 2.75) is 36.1 Å². The molecule has 67 heavy (non-hydrogen) atoms. The lowest BCUT2D eigenvalue weighted by Crippen LogP contribution is -2.59. The second-order valence-electron chi connectivity index (χ2n) is 16.5. The number of nitrogens with zero attached hydrogens (tertiary/aromatic N) is 6. The molecule has 4 aliphatic rings. The van der Waals surface area contributed by atoms with Gasteiger partial charge in [-0.3, -0.25) is 19.3 Å². The van der Waals surface area contributed by atoms with E-state index >= 15 is 14.4 Å². The van der Waals surface area contributed by atoms with Crippen LogP contribution < -0.4 is 14.5 Å². The highest BCUT2D eigenvalue weighted by atomic mass is 16.6. The molecule has 16 nitrogen and oxygen atoms in total. The van der Waals surface area contributed by atoms with E-state index in [4.69, 9.17) is 18.9 Å². The number of esters is 1. The van der Waals surface area contributed by atoms with E-state index in [2.05, 4.69) is 21.8 Å². The Kier molecular flexibility index (Phi) is 13.3. The Bertz CT molecular complexity index is 2660. The zero-order chi connectivity index (χ0) is 46.5. The second-order valence-corrected chi connectivity index (χ2v) is 16.5. The van der Waals surface area contributed by atoms with E-state index in [-0.39, 0.29) is 63.8 Å². The molecule has 0 radical (unpaired) electrons. The molecule has 5 aromatic rings. The van der Waals surface area contributed by atoms with Gasteiger partial charge in [0.1, 0.15) is 36.5 Å². The van der Waals surface area contributed by atoms with Crippen molar-refractivity contribution >= 4 is 35.5 Å². The predicted molar refractivity (Wildman–Crippen MR) is 244 cm³/mol. The molecule has 1 spiro atoms. The number of aromatic nitrogens is 2. The van der Waals surface area contributed by atoms with Crippen molar-refractivity contribution in [2.75, 3.05) is 76.1 Å². The number of carbonyl (C=O) groups excluding carboxylic acids is 4. The molecule has 0 saturated carbocycles. The van der Waals surface area contributed by atoms with E-state index in [1.807, 2.05) is 70.5 Å². The number of para-hydroxylation sites is 1. The Labute approximate surface area is 387 Å². The summed E-state index contributed by atoms with van der Waals surface area (Å²) in [5, 5.41) is 19.7. The van der Waals surface area contributed by atoms with Gasteiger partial charge in [0.2, 0.25) is 17.8 Å². The van der Waals surface area contributed by atoms with E-state index in [0.29, 0.717) is 41.5 Å². The van der Waals surface area contributed by atoms with Gasteiger partial charge in [-0.1, -0.05) is 90.7 Å². The van der Waals surface area contributed by atoms with Crippen LogP contribution in [0.1, 0.15) is 52.4 Å². The molecule has 3 saturated heterocycles. The first-order valence-corrected chi connectivity index (χ1v) is 22.3. The fraction of sp³-hybridized carbons (Fsp3) is 0.333. The molecule has 16 heteroatoms. The number of hydrogen-bond acceptors (Lipinski definition) is 14. The predicted octanol–water partition coefficient (Wildman–Crippen LogP) is 4.38. The minimum atomic E-state index is -2.08. The van der Waals surface area contributed by atoms with E-state index in [9.17, 15) is 15.0 Å². The second kappa shape index (κ2) is 19.7. The summed E-state index contributed by atoms with van der Waals surface area (Å²) >= 11 is 0. The standard InChI is InChI=1S/C51H50N6O10/c1-64-31-32-66-50(63)56-39-21-20-34(13-10-11-28-58)33-38(39)51(48(56)62)41(46(60)54-24-26-55(27-25-54)49-52-22-12-23-53-49)43-47(61)67-44(36-16-6-3-7-17-36)42(35-14-4-2-5-15-35)57(43)45(51)37-18-8-9-19-40(37)65-30-29-59/h2-9,12,14-23,33,41-45,58-59H,11,24-32H2,1H3. The van der Waals surface area contributed by atoms with Crippen molar-refractivity contribution in [3.8, 4) is 17.6 Å². The Hall–Kier alpha value is -7.16. The molecule has 2 N–H and O–H groups in total. The molecule has 9 rings (SSSR count). The number of hydrogen-bond donors (Lipinski definition) is 2. The minimum absolute atomic E-state index is 0.0474. The fourth-order valence-electron chi connectivity index (χ4n) is 10.2. The van der Waals surface area contributed by atoms with Crippen LogP contribution in [-0.4, -0.2) is 126 Å². The van der Waals surface area contributed by atoms with Crippen LogP contribution in [0.3, 0.4) is 0 Å². The number of anilines is 2. The molecule has 0 bridgehead atoms. The number of morpholine rings is 1. The number of amides is 3. The van der Waals surface area contributed by atoms with Gasteiger partial charge in [-0.05, 0) is 47.0 Å². The summed E-state index contributed by atoms with van der Waals surface area (Å²) < 4.78 is 23.8. The van der Waals surface area contributed by atoms with E-state index in [1.165, 1.54) is 7.11 Å². The van der Waals surface area contributed by atoms with Gasteiger partial charge in [0, 0.05) is 63.2 Å². The molecule has 5 heterocycles. The summed E-state index contributed by atoms with van der Waals surface area (Å²) in [6, 6.07) is 29.1. The summed E-state index contributed by atoms with van der Waals surface area (Å²) in [7, 11) is 1.46. The van der Waals surface area contributed by atoms with Crippen LogP contribution in [0.4, 0.5) is 16.4 Å². The Balaban J connectivity index is 1.34. The lowest BCUT2D eigenvalue weighted by molar-refractivity contribution is -0.179. The molecule has 4 aromatic carbocycles. The van der Waals surface area contributed by atoms with Gasteiger partial charge in [0.15, 0.2) is 0 Å². The molecule has 1 aromatic heterocycles. The van der Waals surface area contributed by atoms with Crippen LogP contribution in [0, 0.1) is 17.8 Å². The van der Waals surface area contributed by atoms with Gasteiger partial charge in [0.25, 0.3) is 0 Å². The number of cyclic esters (lactones) is 1. The summed E-state index contributed by atoms with van der Waals surface area (Å²) in [6.07, 6.45) is 1.52. The number of piperazine rings is 1. The molecule has 344 valence electrons. The Morgan fingerprint density at radius 2 is 1.51 bits per heavy atom. The Morgan fingerprint density at radius 1 is 0.806 bits per heavy atom. The molecule has 4 aliphatic heterocycles. The van der Waals surface area contributed by atoms with E-state index in [1.54, 1.807) is 65.8 Å². The number of aliphatic hydroxyl groups excluding tert-OH is 2. The summed E-state index contributed by atoms with van der Waals surface area (Å²) in [6.45, 7) is 0.336. The molecular weight excluding hydrogens is 857 g/mol. The average molecular weight is 907 g/mol. The van der Waals surface area contributed by atoms with E-state index in [0.717, 1.165) is 10.5 Å². The maximum Gasteiger partial charge on any atom is 0.421 e. The van der Waals surface area contributed by atoms with Crippen molar-refractivity contribution in [1.29, 1.82) is 0 Å². The highest BCUT2D eigenvalue weighted by molar-refractivity contribution is 6.23. The third-order valence-electron chi connectivity index (χ3n) is 12.9. The number of carbonyl (C=O) groups is 4. The van der Waals surface area contributed by atoms with Crippen LogP contribution in [0.25, 0.3) is 0 Å². The average Bonchev–Trinajstić information content (AvgIpc) is 3.82. The molecule has 3 fully saturated rings. The maximum absolute atomic E-state index is 16.5. The maximum atomic E-state index is 16.5. The summed E-state index contributed by atoms with van der Waals surface area (Å²) in [4.78, 5) is 78.1. The number of methoxy groups -OCH3 is 1. The SMILES string of the molecule is COCCOC(=O)N1C(=O)C2(c3cc(C#CCCO)ccc31)C(C(=O)N1CCN(c3ncccn3)CC1)C1C(=O)OC(c3ccccc3)C(c3ccccc3)N1C2c1ccccc1OCCO. The summed E-state index contributed by atoms with van der Waals surface area (Å²) in [5.41, 5.74) is 0.605. The zero-order valence-corrected chi connectivity index (χ0v) is 36.8. The van der Waals surface area contributed by atoms with Gasteiger partial charge in [0.05, 0.1) is 43.5 Å². The fourth-order valence-corrected chi connectivity index (χ4v) is 10.2. The number of rotatable bonds is 12. The van der Waals surface area contributed by atoms with Crippen LogP contribution in [0.5, 0.6) is 5.75 Å². The molecule has 0 aliphatic carbocycles. The first-order valence-electron chi connectivity index (χ1n) is 22.3. The first kappa shape index (κ1) is 45.0. The highest BCUT2D eigenvalue weighted by Crippen LogP contribution is 2.67. The number of imide groups is 1. The zero-order valence-electron chi connectivity index (χ0n) is 36.8. The summed E-state index contributed by atoms with van der Waals surface area (Å²) in [5.74, 6) is 3.29. The highest BCUT2D eigenvalue weighted by Gasteiger charge is 2.76. The smallest absolute Gasteiger partial charge is 0.421 e. The number of benzene rings is 4. The molecule has 6 unspecified atom stereocenters. The quantitative estimate of drug-likeness (QED) is 0.102. The van der Waals surface area contributed by atoms with Gasteiger partial charge in [-0.15, -0.1) is 0 Å². The largest absolute Gasteiger partial charge is 0.491 e. The molecular formula is C51H50N6O10. The monoisotopic (exact) mass is 906 g/mol. The van der Waals surface area contributed by atoms with Crippen molar-refractivity contribution in [3.05, 3.63) is 149 Å². The van der Waals surface area contributed by atoms with Crippen LogP contribution in [-0.2, 0) is 34.0 Å². The van der Waals surface area contributed by atoms with Gasteiger partial charge in [-0.25, -0.2) is 19.7 Å².